The summed E-state index contributed by atoms with van der Waals surface area (Å²) in [4.78, 5) is 0. The second kappa shape index (κ2) is 13.7. The Bertz CT molecular complexity index is 222. The van der Waals surface area contributed by atoms with Crippen LogP contribution in [0.5, 0.6) is 0 Å². The highest BCUT2D eigenvalue weighted by Gasteiger charge is 1.98. The third-order valence-electron chi connectivity index (χ3n) is 4.54. The molecule has 0 fully saturated rings. The van der Waals surface area contributed by atoms with Crippen LogP contribution in [-0.2, 0) is 0 Å². The Morgan fingerprint density at radius 3 is 1.45 bits per heavy atom. The Morgan fingerprint density at radius 1 is 0.550 bits per heavy atom. The van der Waals surface area contributed by atoms with E-state index in [1.807, 2.05) is 0 Å². The summed E-state index contributed by atoms with van der Waals surface area (Å²) in [5, 5.41) is 0. The van der Waals surface area contributed by atoms with E-state index >= 15 is 0 Å². The molecule has 0 heterocycles. The molecular formula is C19H37N. The minimum atomic E-state index is 0.303. The normalized spacial score (nSPS) is 27.9. The van der Waals surface area contributed by atoms with Gasteiger partial charge in [-0.1, -0.05) is 95.6 Å². The highest BCUT2D eigenvalue weighted by atomic mass is 14.6. The summed E-state index contributed by atoms with van der Waals surface area (Å²) in [5.74, 6) is 0. The topological polar surface area (TPSA) is 26.0 Å². The second-order valence-corrected chi connectivity index (χ2v) is 6.62. The van der Waals surface area contributed by atoms with Crippen LogP contribution in [0, 0.1) is 0 Å². The van der Waals surface area contributed by atoms with Gasteiger partial charge in [0.05, 0.1) is 0 Å². The fraction of sp³-hybridized carbons (Fsp3) is 0.895. The number of hydrogen-bond acceptors (Lipinski definition) is 1. The predicted octanol–water partition coefficient (Wildman–Crippen LogP) is 6.13. The van der Waals surface area contributed by atoms with E-state index in [-0.39, 0.29) is 0 Å². The van der Waals surface area contributed by atoms with Crippen molar-refractivity contribution < 1.29 is 0 Å². The maximum atomic E-state index is 6.12. The molecule has 1 atom stereocenters. The van der Waals surface area contributed by atoms with E-state index in [0.717, 1.165) is 0 Å². The maximum Gasteiger partial charge on any atom is 0.0223 e. The number of rotatable bonds is 0. The van der Waals surface area contributed by atoms with E-state index < -0.39 is 0 Å². The fourth-order valence-electron chi connectivity index (χ4n) is 3.13. The van der Waals surface area contributed by atoms with E-state index in [2.05, 4.69) is 12.2 Å². The molecule has 1 aliphatic carbocycles. The van der Waals surface area contributed by atoms with E-state index in [1.54, 1.807) is 0 Å². The quantitative estimate of drug-likeness (QED) is 0.531. The van der Waals surface area contributed by atoms with Crippen molar-refractivity contribution in [2.75, 3.05) is 0 Å². The smallest absolute Gasteiger partial charge is 0.0223 e. The predicted molar refractivity (Wildman–Crippen MR) is 91.0 cm³/mol. The molecule has 0 saturated carbocycles. The van der Waals surface area contributed by atoms with Crippen molar-refractivity contribution in [2.24, 2.45) is 5.73 Å². The van der Waals surface area contributed by atoms with Gasteiger partial charge in [-0.3, -0.25) is 0 Å². The summed E-state index contributed by atoms with van der Waals surface area (Å²) in [5.41, 5.74) is 6.12. The Hall–Kier alpha value is -0.300. The van der Waals surface area contributed by atoms with Crippen LogP contribution in [0.15, 0.2) is 12.2 Å². The van der Waals surface area contributed by atoms with Gasteiger partial charge >= 0.3 is 0 Å². The molecule has 1 unspecified atom stereocenters. The Balaban J connectivity index is 2.15. The molecule has 1 aliphatic rings. The molecule has 0 aromatic heterocycles. The summed E-state index contributed by atoms with van der Waals surface area (Å²) >= 11 is 0. The van der Waals surface area contributed by atoms with Crippen LogP contribution in [0.1, 0.15) is 103 Å². The molecule has 1 heteroatoms. The van der Waals surface area contributed by atoms with Crippen molar-refractivity contribution >= 4 is 0 Å². The Morgan fingerprint density at radius 2 is 0.950 bits per heavy atom. The SMILES string of the molecule is NC1/C=C/CCCCCCCCCCCCCCCC1. The van der Waals surface area contributed by atoms with Gasteiger partial charge in [0, 0.05) is 6.04 Å². The zero-order chi connectivity index (χ0) is 14.3. The van der Waals surface area contributed by atoms with Crippen LogP contribution in [0.4, 0.5) is 0 Å². The van der Waals surface area contributed by atoms with Gasteiger partial charge in [-0.2, -0.15) is 0 Å². The maximum absolute atomic E-state index is 6.12. The van der Waals surface area contributed by atoms with Crippen LogP contribution in [0.2, 0.25) is 0 Å². The minimum Gasteiger partial charge on any atom is -0.324 e. The molecule has 0 aromatic rings. The molecule has 0 spiro atoms. The molecule has 0 aromatic carbocycles. The van der Waals surface area contributed by atoms with Crippen LogP contribution >= 0.6 is 0 Å². The van der Waals surface area contributed by atoms with Crippen LogP contribution in [0.3, 0.4) is 0 Å². The lowest BCUT2D eigenvalue weighted by Gasteiger charge is -2.06. The molecule has 0 saturated heterocycles. The van der Waals surface area contributed by atoms with Gasteiger partial charge in [0.1, 0.15) is 0 Å². The molecule has 1 rings (SSSR count). The van der Waals surface area contributed by atoms with Crippen molar-refractivity contribution in [3.05, 3.63) is 12.2 Å². The first-order valence-electron chi connectivity index (χ1n) is 9.32. The zero-order valence-corrected chi connectivity index (χ0v) is 13.6. The first kappa shape index (κ1) is 17.8. The van der Waals surface area contributed by atoms with E-state index in [0.29, 0.717) is 6.04 Å². The Labute approximate surface area is 127 Å². The number of hydrogen-bond donors (Lipinski definition) is 1. The van der Waals surface area contributed by atoms with Gasteiger partial charge in [0.25, 0.3) is 0 Å². The Kier molecular flexibility index (Phi) is 12.1. The van der Waals surface area contributed by atoms with Crippen LogP contribution < -0.4 is 5.73 Å². The van der Waals surface area contributed by atoms with Gasteiger partial charge in [0.2, 0.25) is 0 Å². The third kappa shape index (κ3) is 11.5. The molecule has 0 aliphatic heterocycles. The lowest BCUT2D eigenvalue weighted by atomic mass is 10.0. The van der Waals surface area contributed by atoms with Crippen molar-refractivity contribution in [3.8, 4) is 0 Å². The number of nitrogens with two attached hydrogens (primary N) is 1. The monoisotopic (exact) mass is 279 g/mol. The standard InChI is InChI=1S/C19H37N/c20-19-17-15-13-11-9-7-5-3-1-2-4-6-8-10-12-14-16-18-19/h15,17,19H,1-14,16,18,20H2/b17-15+. The zero-order valence-electron chi connectivity index (χ0n) is 13.6. The molecule has 0 amide bonds. The summed E-state index contributed by atoms with van der Waals surface area (Å²) in [6.07, 6.45) is 26.9. The average molecular weight is 280 g/mol. The van der Waals surface area contributed by atoms with Crippen molar-refractivity contribution in [3.63, 3.8) is 0 Å². The van der Waals surface area contributed by atoms with Gasteiger partial charge in [-0.05, 0) is 19.3 Å². The molecule has 0 bridgehead atoms. The summed E-state index contributed by atoms with van der Waals surface area (Å²) < 4.78 is 0. The lowest BCUT2D eigenvalue weighted by Crippen LogP contribution is -2.16. The fourth-order valence-corrected chi connectivity index (χ4v) is 3.13. The first-order chi connectivity index (χ1) is 9.89. The second-order valence-electron chi connectivity index (χ2n) is 6.62. The van der Waals surface area contributed by atoms with Gasteiger partial charge < -0.3 is 5.73 Å². The highest BCUT2D eigenvalue weighted by molar-refractivity contribution is 4.91. The minimum absolute atomic E-state index is 0.303. The average Bonchev–Trinajstić information content (AvgIpc) is 2.45. The molecule has 118 valence electrons. The van der Waals surface area contributed by atoms with E-state index in [1.165, 1.54) is 103 Å². The molecule has 1 nitrogen and oxygen atoms in total. The van der Waals surface area contributed by atoms with Crippen molar-refractivity contribution in [1.82, 2.24) is 0 Å². The molecular weight excluding hydrogens is 242 g/mol. The summed E-state index contributed by atoms with van der Waals surface area (Å²) in [6, 6.07) is 0.303. The van der Waals surface area contributed by atoms with Gasteiger partial charge in [-0.15, -0.1) is 0 Å². The number of allylic oxidation sites excluding steroid dienone is 1. The molecule has 2 N–H and O–H groups in total. The van der Waals surface area contributed by atoms with Gasteiger partial charge in [0.15, 0.2) is 0 Å². The third-order valence-corrected chi connectivity index (χ3v) is 4.54. The van der Waals surface area contributed by atoms with Crippen LogP contribution in [-0.4, -0.2) is 6.04 Å². The van der Waals surface area contributed by atoms with E-state index in [4.69, 9.17) is 5.73 Å². The van der Waals surface area contributed by atoms with E-state index in [9.17, 15) is 0 Å². The summed E-state index contributed by atoms with van der Waals surface area (Å²) in [6.45, 7) is 0. The van der Waals surface area contributed by atoms with Crippen molar-refractivity contribution in [2.45, 2.75) is 109 Å². The largest absolute Gasteiger partial charge is 0.324 e. The van der Waals surface area contributed by atoms with Crippen LogP contribution in [0.25, 0.3) is 0 Å². The highest BCUT2D eigenvalue weighted by Crippen LogP contribution is 2.14. The van der Waals surface area contributed by atoms with Gasteiger partial charge in [-0.25, -0.2) is 0 Å². The first-order valence-corrected chi connectivity index (χ1v) is 9.32. The van der Waals surface area contributed by atoms with Crippen molar-refractivity contribution in [1.29, 1.82) is 0 Å². The summed E-state index contributed by atoms with van der Waals surface area (Å²) in [7, 11) is 0. The lowest BCUT2D eigenvalue weighted by molar-refractivity contribution is 0.528. The molecule has 0 radical (unpaired) electrons. The molecule has 20 heavy (non-hydrogen) atoms.